The van der Waals surface area contributed by atoms with E-state index in [9.17, 15) is 0 Å². The number of ether oxygens (including phenoxy) is 2. The van der Waals surface area contributed by atoms with E-state index in [1.807, 2.05) is 6.07 Å². The number of quaternary nitrogens is 1. The standard InChI is InChI=1S/C18H21NO2/c1-14(7-8-15-5-3-2-4-6-15)19-12-16-9-10-17-18(11-16)21-13-20-17/h2-6,9-11,14,19H,7-8,12-13H2,1H3/p+1/t14-/m1/s1. The van der Waals surface area contributed by atoms with Crippen LogP contribution in [0, 0.1) is 0 Å². The Bertz CT molecular complexity index is 583. The van der Waals surface area contributed by atoms with Gasteiger partial charge in [-0.15, -0.1) is 0 Å². The number of nitrogens with two attached hydrogens (primary N) is 1. The summed E-state index contributed by atoms with van der Waals surface area (Å²) in [5.41, 5.74) is 2.70. The zero-order chi connectivity index (χ0) is 14.5. The first-order valence-electron chi connectivity index (χ1n) is 7.57. The Balaban J connectivity index is 1.46. The highest BCUT2D eigenvalue weighted by Crippen LogP contribution is 2.32. The predicted molar refractivity (Wildman–Crippen MR) is 82.4 cm³/mol. The van der Waals surface area contributed by atoms with Crippen LogP contribution in [0.1, 0.15) is 24.5 Å². The van der Waals surface area contributed by atoms with Gasteiger partial charge in [-0.1, -0.05) is 30.3 Å². The Hall–Kier alpha value is -2.00. The highest BCUT2D eigenvalue weighted by Gasteiger charge is 2.14. The van der Waals surface area contributed by atoms with Crippen LogP contribution in [-0.2, 0) is 13.0 Å². The van der Waals surface area contributed by atoms with Gasteiger partial charge in [-0.25, -0.2) is 0 Å². The van der Waals surface area contributed by atoms with Crippen LogP contribution in [0.5, 0.6) is 11.5 Å². The minimum Gasteiger partial charge on any atom is -0.454 e. The van der Waals surface area contributed by atoms with Gasteiger partial charge in [0.05, 0.1) is 6.04 Å². The Kier molecular flexibility index (Phi) is 4.41. The second-order valence-corrected chi connectivity index (χ2v) is 5.63. The minimum absolute atomic E-state index is 0.343. The predicted octanol–water partition coefficient (Wildman–Crippen LogP) is 2.50. The lowest BCUT2D eigenvalue weighted by Gasteiger charge is -2.11. The van der Waals surface area contributed by atoms with E-state index < -0.39 is 0 Å². The van der Waals surface area contributed by atoms with Crippen molar-refractivity contribution >= 4 is 0 Å². The Labute approximate surface area is 125 Å². The first-order valence-corrected chi connectivity index (χ1v) is 7.57. The lowest BCUT2D eigenvalue weighted by molar-refractivity contribution is -0.701. The van der Waals surface area contributed by atoms with Crippen molar-refractivity contribution in [1.29, 1.82) is 0 Å². The third-order valence-corrected chi connectivity index (χ3v) is 3.92. The average Bonchev–Trinajstić information content (AvgIpc) is 2.99. The lowest BCUT2D eigenvalue weighted by atomic mass is 10.1. The van der Waals surface area contributed by atoms with Gasteiger partial charge in [-0.3, -0.25) is 0 Å². The summed E-state index contributed by atoms with van der Waals surface area (Å²) in [5.74, 6) is 1.73. The Morgan fingerprint density at radius 1 is 1.00 bits per heavy atom. The highest BCUT2D eigenvalue weighted by molar-refractivity contribution is 5.44. The summed E-state index contributed by atoms with van der Waals surface area (Å²) in [7, 11) is 0. The number of hydrogen-bond donors (Lipinski definition) is 1. The second-order valence-electron chi connectivity index (χ2n) is 5.63. The van der Waals surface area contributed by atoms with Crippen LogP contribution in [0.2, 0.25) is 0 Å². The molecule has 0 bridgehead atoms. The van der Waals surface area contributed by atoms with Crippen LogP contribution < -0.4 is 14.8 Å². The molecule has 1 heterocycles. The van der Waals surface area contributed by atoms with E-state index in [2.05, 4.69) is 54.7 Å². The van der Waals surface area contributed by atoms with Gasteiger partial charge in [0.1, 0.15) is 6.54 Å². The summed E-state index contributed by atoms with van der Waals surface area (Å²) in [4.78, 5) is 0. The fourth-order valence-corrected chi connectivity index (χ4v) is 2.56. The van der Waals surface area contributed by atoms with Crippen LogP contribution in [0.15, 0.2) is 48.5 Å². The molecule has 0 aromatic heterocycles. The van der Waals surface area contributed by atoms with Crippen LogP contribution in [-0.4, -0.2) is 12.8 Å². The summed E-state index contributed by atoms with van der Waals surface area (Å²) in [5, 5.41) is 2.39. The van der Waals surface area contributed by atoms with Crippen molar-refractivity contribution in [3.05, 3.63) is 59.7 Å². The third-order valence-electron chi connectivity index (χ3n) is 3.92. The topological polar surface area (TPSA) is 35.1 Å². The fourth-order valence-electron chi connectivity index (χ4n) is 2.56. The maximum Gasteiger partial charge on any atom is 0.231 e. The summed E-state index contributed by atoms with van der Waals surface area (Å²) < 4.78 is 10.7. The molecule has 0 spiro atoms. The Morgan fingerprint density at radius 2 is 1.81 bits per heavy atom. The van der Waals surface area contributed by atoms with Crippen molar-refractivity contribution in [3.8, 4) is 11.5 Å². The molecular formula is C18H22NO2+. The highest BCUT2D eigenvalue weighted by atomic mass is 16.7. The van der Waals surface area contributed by atoms with E-state index in [-0.39, 0.29) is 0 Å². The molecule has 2 N–H and O–H groups in total. The van der Waals surface area contributed by atoms with Crippen molar-refractivity contribution in [3.63, 3.8) is 0 Å². The molecule has 0 radical (unpaired) electrons. The lowest BCUT2D eigenvalue weighted by Crippen LogP contribution is -2.87. The SMILES string of the molecule is C[C@H](CCc1ccccc1)[NH2+]Cc1ccc2c(c1)OCO2. The molecular weight excluding hydrogens is 262 g/mol. The number of rotatable bonds is 6. The maximum absolute atomic E-state index is 5.42. The third kappa shape index (κ3) is 3.76. The largest absolute Gasteiger partial charge is 0.454 e. The molecule has 1 aliphatic heterocycles. The molecule has 0 fully saturated rings. The molecule has 2 aromatic rings. The molecule has 3 nitrogen and oxygen atoms in total. The summed E-state index contributed by atoms with van der Waals surface area (Å²) in [6.45, 7) is 3.61. The average molecular weight is 284 g/mol. The Morgan fingerprint density at radius 3 is 2.67 bits per heavy atom. The van der Waals surface area contributed by atoms with E-state index >= 15 is 0 Å². The van der Waals surface area contributed by atoms with Crippen LogP contribution in [0.25, 0.3) is 0 Å². The number of fused-ring (bicyclic) bond motifs is 1. The van der Waals surface area contributed by atoms with Crippen molar-refractivity contribution in [2.24, 2.45) is 0 Å². The van der Waals surface area contributed by atoms with Crippen molar-refractivity contribution in [2.45, 2.75) is 32.4 Å². The van der Waals surface area contributed by atoms with Gasteiger partial charge in [0.25, 0.3) is 0 Å². The van der Waals surface area contributed by atoms with Crippen LogP contribution >= 0.6 is 0 Å². The molecule has 110 valence electrons. The molecule has 21 heavy (non-hydrogen) atoms. The van der Waals surface area contributed by atoms with Crippen molar-refractivity contribution in [2.75, 3.05) is 6.79 Å². The summed E-state index contributed by atoms with van der Waals surface area (Å²) in [6, 6.07) is 17.5. The van der Waals surface area contributed by atoms with Crippen LogP contribution in [0.4, 0.5) is 0 Å². The summed E-state index contributed by atoms with van der Waals surface area (Å²) >= 11 is 0. The second kappa shape index (κ2) is 6.64. The molecule has 1 aliphatic rings. The first kappa shape index (κ1) is 14.0. The van der Waals surface area contributed by atoms with Gasteiger partial charge >= 0.3 is 0 Å². The molecule has 3 heteroatoms. The monoisotopic (exact) mass is 284 g/mol. The molecule has 2 aromatic carbocycles. The molecule has 0 aliphatic carbocycles. The van der Waals surface area contributed by atoms with Crippen molar-refractivity contribution in [1.82, 2.24) is 0 Å². The van der Waals surface area contributed by atoms with E-state index in [0.717, 1.165) is 24.5 Å². The van der Waals surface area contributed by atoms with E-state index in [0.29, 0.717) is 12.8 Å². The molecule has 0 amide bonds. The molecule has 0 saturated carbocycles. The van der Waals surface area contributed by atoms with Gasteiger partial charge < -0.3 is 14.8 Å². The molecule has 0 saturated heterocycles. The summed E-state index contributed by atoms with van der Waals surface area (Å²) in [6.07, 6.45) is 2.33. The first-order chi connectivity index (χ1) is 10.3. The zero-order valence-corrected chi connectivity index (χ0v) is 12.4. The van der Waals surface area contributed by atoms with Gasteiger partial charge in [0.2, 0.25) is 6.79 Å². The van der Waals surface area contributed by atoms with E-state index in [1.165, 1.54) is 17.5 Å². The van der Waals surface area contributed by atoms with Gasteiger partial charge in [-0.2, -0.15) is 0 Å². The number of aryl methyl sites for hydroxylation is 1. The molecule has 1 atom stereocenters. The zero-order valence-electron chi connectivity index (χ0n) is 12.4. The van der Waals surface area contributed by atoms with Gasteiger partial charge in [0.15, 0.2) is 11.5 Å². The van der Waals surface area contributed by atoms with Gasteiger partial charge in [-0.05, 0) is 37.1 Å². The quantitative estimate of drug-likeness (QED) is 0.884. The molecule has 0 unspecified atom stereocenters. The number of benzene rings is 2. The van der Waals surface area contributed by atoms with Crippen LogP contribution in [0.3, 0.4) is 0 Å². The van der Waals surface area contributed by atoms with Gasteiger partial charge in [0, 0.05) is 12.0 Å². The minimum atomic E-state index is 0.343. The van der Waals surface area contributed by atoms with Crippen molar-refractivity contribution < 1.29 is 14.8 Å². The normalized spacial score (nSPS) is 14.1. The smallest absolute Gasteiger partial charge is 0.231 e. The van der Waals surface area contributed by atoms with E-state index in [1.54, 1.807) is 0 Å². The van der Waals surface area contributed by atoms with E-state index in [4.69, 9.17) is 9.47 Å². The maximum atomic E-state index is 5.42. The molecule has 3 rings (SSSR count). The number of hydrogen-bond acceptors (Lipinski definition) is 2. The fraction of sp³-hybridized carbons (Fsp3) is 0.333.